The van der Waals surface area contributed by atoms with Gasteiger partial charge in [-0.1, -0.05) is 24.4 Å². The standard InChI is InChI=1S/C10H14N2O2/c13-10(8-4-2-1-3-5-8)11-9-6-7-14-12-9/h6-8H,1-5H2,(H,11,12,13). The van der Waals surface area contributed by atoms with Gasteiger partial charge in [-0.3, -0.25) is 4.79 Å². The molecule has 0 aromatic carbocycles. The molecule has 1 aromatic rings. The topological polar surface area (TPSA) is 55.1 Å². The van der Waals surface area contributed by atoms with E-state index in [-0.39, 0.29) is 11.8 Å². The Labute approximate surface area is 82.7 Å². The van der Waals surface area contributed by atoms with Crippen molar-refractivity contribution in [1.82, 2.24) is 5.16 Å². The molecule has 0 aliphatic heterocycles. The Bertz CT molecular complexity index is 289. The molecule has 1 N–H and O–H groups in total. The van der Waals surface area contributed by atoms with Crippen LogP contribution in [0.1, 0.15) is 32.1 Å². The van der Waals surface area contributed by atoms with Gasteiger partial charge in [0, 0.05) is 12.0 Å². The van der Waals surface area contributed by atoms with Gasteiger partial charge in [0.2, 0.25) is 5.91 Å². The summed E-state index contributed by atoms with van der Waals surface area (Å²) < 4.78 is 4.64. The zero-order valence-corrected chi connectivity index (χ0v) is 8.03. The third-order valence-electron chi connectivity index (χ3n) is 2.67. The minimum absolute atomic E-state index is 0.0820. The van der Waals surface area contributed by atoms with Gasteiger partial charge < -0.3 is 9.84 Å². The van der Waals surface area contributed by atoms with Crippen LogP contribution in [0.25, 0.3) is 0 Å². The fourth-order valence-electron chi connectivity index (χ4n) is 1.87. The zero-order valence-electron chi connectivity index (χ0n) is 8.03. The number of rotatable bonds is 2. The van der Waals surface area contributed by atoms with Gasteiger partial charge in [0.1, 0.15) is 6.26 Å². The maximum Gasteiger partial charge on any atom is 0.228 e. The maximum atomic E-state index is 11.7. The molecule has 0 unspecified atom stereocenters. The summed E-state index contributed by atoms with van der Waals surface area (Å²) in [4.78, 5) is 11.7. The highest BCUT2D eigenvalue weighted by Crippen LogP contribution is 2.24. The fourth-order valence-corrected chi connectivity index (χ4v) is 1.87. The number of aromatic nitrogens is 1. The molecule has 14 heavy (non-hydrogen) atoms. The van der Waals surface area contributed by atoms with Crippen LogP contribution in [0.15, 0.2) is 16.9 Å². The molecule has 76 valence electrons. The fraction of sp³-hybridized carbons (Fsp3) is 0.600. The largest absolute Gasteiger partial charge is 0.363 e. The quantitative estimate of drug-likeness (QED) is 0.785. The molecule has 4 heteroatoms. The molecule has 2 rings (SSSR count). The number of amides is 1. The van der Waals surface area contributed by atoms with Crippen LogP contribution >= 0.6 is 0 Å². The van der Waals surface area contributed by atoms with Gasteiger partial charge >= 0.3 is 0 Å². The Morgan fingerprint density at radius 3 is 2.86 bits per heavy atom. The summed E-state index contributed by atoms with van der Waals surface area (Å²) in [7, 11) is 0. The summed E-state index contributed by atoms with van der Waals surface area (Å²) in [6.45, 7) is 0. The van der Waals surface area contributed by atoms with E-state index in [1.807, 2.05) is 0 Å². The average Bonchev–Trinajstić information content (AvgIpc) is 2.72. The van der Waals surface area contributed by atoms with Crippen LogP contribution in [0.4, 0.5) is 5.82 Å². The molecule has 1 aromatic heterocycles. The molecule has 0 radical (unpaired) electrons. The van der Waals surface area contributed by atoms with Crippen molar-refractivity contribution in [2.24, 2.45) is 5.92 Å². The van der Waals surface area contributed by atoms with Crippen LogP contribution in [-0.2, 0) is 4.79 Å². The highest BCUT2D eigenvalue weighted by molar-refractivity contribution is 5.91. The van der Waals surface area contributed by atoms with Crippen molar-refractivity contribution < 1.29 is 9.32 Å². The van der Waals surface area contributed by atoms with E-state index in [1.165, 1.54) is 12.7 Å². The van der Waals surface area contributed by atoms with Crippen molar-refractivity contribution in [3.63, 3.8) is 0 Å². The molecule has 0 saturated heterocycles. The zero-order chi connectivity index (χ0) is 9.80. The molecule has 1 saturated carbocycles. The second-order valence-corrected chi connectivity index (χ2v) is 3.71. The summed E-state index contributed by atoms with van der Waals surface area (Å²) in [6.07, 6.45) is 7.05. The predicted octanol–water partition coefficient (Wildman–Crippen LogP) is 2.19. The summed E-state index contributed by atoms with van der Waals surface area (Å²) in [6, 6.07) is 1.65. The third-order valence-corrected chi connectivity index (χ3v) is 2.67. The molecular weight excluding hydrogens is 180 g/mol. The molecule has 0 spiro atoms. The molecular formula is C10H14N2O2. The van der Waals surface area contributed by atoms with Crippen molar-refractivity contribution in [2.45, 2.75) is 32.1 Å². The number of hydrogen-bond acceptors (Lipinski definition) is 3. The van der Waals surface area contributed by atoms with Gasteiger partial charge in [-0.25, -0.2) is 0 Å². The Morgan fingerprint density at radius 1 is 1.43 bits per heavy atom. The number of anilines is 1. The van der Waals surface area contributed by atoms with E-state index >= 15 is 0 Å². The summed E-state index contributed by atoms with van der Waals surface area (Å²) in [5.74, 6) is 0.764. The van der Waals surface area contributed by atoms with Gasteiger partial charge in [-0.2, -0.15) is 0 Å². The molecule has 4 nitrogen and oxygen atoms in total. The molecule has 1 aliphatic carbocycles. The van der Waals surface area contributed by atoms with E-state index < -0.39 is 0 Å². The number of carbonyl (C=O) groups is 1. The molecule has 1 aliphatic rings. The normalized spacial score (nSPS) is 18.0. The monoisotopic (exact) mass is 194 g/mol. The number of hydrogen-bond donors (Lipinski definition) is 1. The van der Waals surface area contributed by atoms with Crippen LogP contribution in [0.2, 0.25) is 0 Å². The van der Waals surface area contributed by atoms with E-state index in [1.54, 1.807) is 6.07 Å². The van der Waals surface area contributed by atoms with Crippen molar-refractivity contribution in [2.75, 3.05) is 5.32 Å². The van der Waals surface area contributed by atoms with Crippen LogP contribution in [0.5, 0.6) is 0 Å². The lowest BCUT2D eigenvalue weighted by atomic mass is 9.89. The smallest absolute Gasteiger partial charge is 0.228 e. The average molecular weight is 194 g/mol. The first kappa shape index (κ1) is 9.24. The predicted molar refractivity (Wildman–Crippen MR) is 51.7 cm³/mol. The van der Waals surface area contributed by atoms with Gasteiger partial charge in [0.25, 0.3) is 0 Å². The number of nitrogens with zero attached hydrogens (tertiary/aromatic N) is 1. The summed E-state index contributed by atoms with van der Waals surface area (Å²) in [5, 5.41) is 6.39. The highest BCUT2D eigenvalue weighted by Gasteiger charge is 2.21. The maximum absolute atomic E-state index is 11.7. The molecule has 1 amide bonds. The van der Waals surface area contributed by atoms with E-state index in [4.69, 9.17) is 0 Å². The van der Waals surface area contributed by atoms with Crippen LogP contribution in [-0.4, -0.2) is 11.1 Å². The Kier molecular flexibility index (Phi) is 2.81. The van der Waals surface area contributed by atoms with Crippen molar-refractivity contribution in [3.8, 4) is 0 Å². The Hall–Kier alpha value is -1.32. The lowest BCUT2D eigenvalue weighted by Gasteiger charge is -2.19. The Balaban J connectivity index is 1.88. The van der Waals surface area contributed by atoms with Gasteiger partial charge in [0.05, 0.1) is 0 Å². The van der Waals surface area contributed by atoms with E-state index in [2.05, 4.69) is 15.0 Å². The lowest BCUT2D eigenvalue weighted by molar-refractivity contribution is -0.120. The first-order valence-electron chi connectivity index (χ1n) is 5.07. The van der Waals surface area contributed by atoms with Gasteiger partial charge in [-0.15, -0.1) is 0 Å². The molecule has 1 heterocycles. The SMILES string of the molecule is O=C(Nc1ccon1)C1CCCCC1. The highest BCUT2D eigenvalue weighted by atomic mass is 16.5. The number of nitrogens with one attached hydrogen (secondary N) is 1. The van der Waals surface area contributed by atoms with Crippen molar-refractivity contribution in [3.05, 3.63) is 12.3 Å². The third kappa shape index (κ3) is 2.13. The molecule has 1 fully saturated rings. The van der Waals surface area contributed by atoms with Crippen molar-refractivity contribution >= 4 is 11.7 Å². The summed E-state index contributed by atoms with van der Waals surface area (Å²) in [5.41, 5.74) is 0. The van der Waals surface area contributed by atoms with E-state index in [9.17, 15) is 4.79 Å². The van der Waals surface area contributed by atoms with E-state index in [0.717, 1.165) is 25.7 Å². The summed E-state index contributed by atoms with van der Waals surface area (Å²) >= 11 is 0. The number of carbonyl (C=O) groups excluding carboxylic acids is 1. The Morgan fingerprint density at radius 2 is 2.21 bits per heavy atom. The van der Waals surface area contributed by atoms with Gasteiger partial charge in [0.15, 0.2) is 5.82 Å². The van der Waals surface area contributed by atoms with Crippen molar-refractivity contribution in [1.29, 1.82) is 0 Å². The second kappa shape index (κ2) is 4.26. The molecule has 0 bridgehead atoms. The van der Waals surface area contributed by atoms with Gasteiger partial charge in [-0.05, 0) is 12.8 Å². The first-order valence-corrected chi connectivity index (χ1v) is 5.07. The van der Waals surface area contributed by atoms with Crippen LogP contribution in [0, 0.1) is 5.92 Å². The molecule has 0 atom stereocenters. The van der Waals surface area contributed by atoms with Crippen LogP contribution in [0.3, 0.4) is 0 Å². The second-order valence-electron chi connectivity index (χ2n) is 3.71. The first-order chi connectivity index (χ1) is 6.86. The lowest BCUT2D eigenvalue weighted by Crippen LogP contribution is -2.24. The minimum Gasteiger partial charge on any atom is -0.363 e. The van der Waals surface area contributed by atoms with E-state index in [0.29, 0.717) is 5.82 Å². The van der Waals surface area contributed by atoms with Crippen LogP contribution < -0.4 is 5.32 Å². The minimum atomic E-state index is 0.0820.